The molecule has 1 saturated carbocycles. The number of hydrogen-bond donors (Lipinski definition) is 0. The Bertz CT molecular complexity index is 1270. The number of carbonyl (C=O) groups is 1. The van der Waals surface area contributed by atoms with Crippen LogP contribution in [0.5, 0.6) is 0 Å². The van der Waals surface area contributed by atoms with Crippen molar-refractivity contribution in [1.29, 1.82) is 0 Å². The van der Waals surface area contributed by atoms with Crippen LogP contribution in [0.15, 0.2) is 72.9 Å². The molecule has 35 heavy (non-hydrogen) atoms. The van der Waals surface area contributed by atoms with Crippen LogP contribution in [0.25, 0.3) is 11.0 Å². The number of aromatic nitrogens is 3. The van der Waals surface area contributed by atoms with E-state index in [4.69, 9.17) is 11.6 Å². The van der Waals surface area contributed by atoms with Gasteiger partial charge in [0, 0.05) is 0 Å². The number of amides is 1. The Morgan fingerprint density at radius 3 is 2.51 bits per heavy atom. The van der Waals surface area contributed by atoms with Crippen LogP contribution >= 0.6 is 11.6 Å². The summed E-state index contributed by atoms with van der Waals surface area (Å²) in [6.45, 7) is 1.32. The van der Waals surface area contributed by atoms with Crippen molar-refractivity contribution >= 4 is 48.0 Å². The van der Waals surface area contributed by atoms with Gasteiger partial charge in [-0.3, -0.25) is 0 Å². The molecule has 0 saturated heterocycles. The fourth-order valence-electron chi connectivity index (χ4n) is 4.86. The molecule has 5 rings (SSSR count). The molecule has 1 fully saturated rings. The van der Waals surface area contributed by atoms with Gasteiger partial charge in [0.25, 0.3) is 0 Å². The Morgan fingerprint density at radius 2 is 1.77 bits per heavy atom. The maximum atomic E-state index is 14.1. The zero-order chi connectivity index (χ0) is 24.0. The van der Waals surface area contributed by atoms with E-state index >= 15 is 0 Å². The zero-order valence-electron chi connectivity index (χ0n) is 19.6. The van der Waals surface area contributed by atoms with Crippen LogP contribution in [0, 0.1) is 0 Å². The Balaban J connectivity index is 1.41. The Morgan fingerprint density at radius 1 is 1.06 bits per heavy atom. The molecule has 0 atom stereocenters. The van der Waals surface area contributed by atoms with E-state index in [0.29, 0.717) is 27.2 Å². The van der Waals surface area contributed by atoms with Crippen LogP contribution < -0.4 is 4.46 Å². The van der Waals surface area contributed by atoms with Gasteiger partial charge in [-0.2, -0.15) is 0 Å². The number of nitrogens with zero attached hydrogens (tertiary/aromatic N) is 4. The van der Waals surface area contributed by atoms with Crippen molar-refractivity contribution in [1.82, 2.24) is 19.4 Å². The molecule has 0 unspecified atom stereocenters. The zero-order valence-corrected chi connectivity index (χ0v) is 22.1. The van der Waals surface area contributed by atoms with Gasteiger partial charge in [-0.1, -0.05) is 0 Å². The number of carbonyl (C=O) groups excluding carboxylic acids is 1. The van der Waals surface area contributed by atoms with Gasteiger partial charge in [0.2, 0.25) is 0 Å². The molecule has 0 spiro atoms. The number of hydrogen-bond acceptors (Lipinski definition) is 3. The van der Waals surface area contributed by atoms with E-state index < -0.39 is 0 Å². The summed E-state index contributed by atoms with van der Waals surface area (Å²) < 4.78 is 3.54. The molecule has 1 amide bonds. The first-order valence-electron chi connectivity index (χ1n) is 12.2. The average molecular weight is 552 g/mol. The van der Waals surface area contributed by atoms with Crippen LogP contribution in [0.3, 0.4) is 0 Å². The maximum absolute atomic E-state index is 14.1. The summed E-state index contributed by atoms with van der Waals surface area (Å²) in [6.07, 6.45) is 7.17. The Labute approximate surface area is 217 Å². The molecule has 4 aromatic rings. The third-order valence-corrected chi connectivity index (χ3v) is 9.03. The van der Waals surface area contributed by atoms with Gasteiger partial charge in [-0.05, 0) is 0 Å². The van der Waals surface area contributed by atoms with Crippen LogP contribution in [0.1, 0.15) is 54.2 Å². The Hall–Kier alpha value is -2.66. The van der Waals surface area contributed by atoms with Gasteiger partial charge in [0.15, 0.2) is 0 Å². The van der Waals surface area contributed by atoms with Gasteiger partial charge >= 0.3 is 218 Å². The fourth-order valence-corrected chi connectivity index (χ4v) is 6.79. The molecular formula is C28H29ClN4OSe. The van der Waals surface area contributed by atoms with E-state index in [2.05, 4.69) is 57.0 Å². The normalized spacial score (nSPS) is 14.0. The van der Waals surface area contributed by atoms with E-state index in [9.17, 15) is 4.79 Å². The molecule has 0 bridgehead atoms. The average Bonchev–Trinajstić information content (AvgIpc) is 3.54. The van der Waals surface area contributed by atoms with Crippen molar-refractivity contribution in [3.63, 3.8) is 0 Å². The summed E-state index contributed by atoms with van der Waals surface area (Å²) in [5.74, 6) is 0.0575. The van der Waals surface area contributed by atoms with Crippen molar-refractivity contribution in [3.05, 3.63) is 89.5 Å². The van der Waals surface area contributed by atoms with Gasteiger partial charge in [0.05, 0.1) is 0 Å². The first kappa shape index (κ1) is 24.1. The van der Waals surface area contributed by atoms with Crippen LogP contribution in [0.4, 0.5) is 0 Å². The molecule has 7 heteroatoms. The summed E-state index contributed by atoms with van der Waals surface area (Å²) >= 11 is 6.57. The molecule has 2 aromatic heterocycles. The van der Waals surface area contributed by atoms with Crippen LogP contribution in [0.2, 0.25) is 10.6 Å². The summed E-state index contributed by atoms with van der Waals surface area (Å²) in [6, 6.07) is 23.1. The number of benzene rings is 2. The molecule has 2 heterocycles. The number of halogens is 1. The van der Waals surface area contributed by atoms with Crippen molar-refractivity contribution in [3.8, 4) is 0 Å². The van der Waals surface area contributed by atoms with E-state index in [0.717, 1.165) is 47.7 Å². The molecule has 0 N–H and O–H groups in total. The van der Waals surface area contributed by atoms with Crippen LogP contribution in [-0.4, -0.2) is 46.8 Å². The second-order valence-electron chi connectivity index (χ2n) is 8.98. The van der Waals surface area contributed by atoms with E-state index in [1.165, 1.54) is 17.3 Å². The SMILES string of the molecule is O=C(c1cc2cnc(Cl)nc2n1C1CCCC1)N(CCC[Se]c1ccccc1)Cc1ccccc1. The molecular weight excluding hydrogens is 523 g/mol. The van der Waals surface area contributed by atoms with Crippen LogP contribution in [-0.2, 0) is 6.54 Å². The second kappa shape index (κ2) is 11.4. The first-order chi connectivity index (χ1) is 17.2. The number of fused-ring (bicyclic) bond motifs is 1. The van der Waals surface area contributed by atoms with Crippen molar-refractivity contribution in [2.75, 3.05) is 6.54 Å². The third-order valence-electron chi connectivity index (χ3n) is 6.54. The van der Waals surface area contributed by atoms with E-state index in [1.54, 1.807) is 6.20 Å². The van der Waals surface area contributed by atoms with Gasteiger partial charge < -0.3 is 0 Å². The molecule has 1 aliphatic rings. The first-order valence-corrected chi connectivity index (χ1v) is 14.7. The minimum absolute atomic E-state index is 0.0575. The molecule has 0 radical (unpaired) electrons. The number of rotatable bonds is 9. The fraction of sp³-hybridized carbons (Fsp3) is 0.321. The van der Waals surface area contributed by atoms with E-state index in [1.807, 2.05) is 29.2 Å². The topological polar surface area (TPSA) is 51.0 Å². The van der Waals surface area contributed by atoms with Crippen molar-refractivity contribution < 1.29 is 4.79 Å². The summed E-state index contributed by atoms with van der Waals surface area (Å²) in [5.41, 5.74) is 2.61. The molecule has 180 valence electrons. The minimum atomic E-state index is 0.0575. The predicted octanol–water partition coefficient (Wildman–Crippen LogP) is 5.68. The molecule has 0 aliphatic heterocycles. The Kier molecular flexibility index (Phi) is 7.82. The molecule has 2 aromatic carbocycles. The summed E-state index contributed by atoms with van der Waals surface area (Å²) in [5, 5.41) is 2.19. The second-order valence-corrected chi connectivity index (χ2v) is 11.8. The standard InChI is InChI=1S/C28H29ClN4OSe/c29-28-30-19-22-18-25(33(26(22)31-28)23-12-7-8-13-23)27(34)32(20-21-10-3-1-4-11-21)16-9-17-35-24-14-5-2-6-15-24/h1-6,10-11,14-15,18-19,23H,7-9,12-13,16-17,20H2. The van der Waals surface area contributed by atoms with Gasteiger partial charge in [0.1, 0.15) is 0 Å². The van der Waals surface area contributed by atoms with Crippen molar-refractivity contribution in [2.45, 2.75) is 50.0 Å². The molecule has 1 aliphatic carbocycles. The van der Waals surface area contributed by atoms with Gasteiger partial charge in [-0.15, -0.1) is 0 Å². The molecule has 5 nitrogen and oxygen atoms in total. The predicted molar refractivity (Wildman–Crippen MR) is 142 cm³/mol. The van der Waals surface area contributed by atoms with Crippen molar-refractivity contribution in [2.24, 2.45) is 0 Å². The monoisotopic (exact) mass is 552 g/mol. The van der Waals surface area contributed by atoms with E-state index in [-0.39, 0.29) is 17.2 Å². The quantitative estimate of drug-likeness (QED) is 0.153. The van der Waals surface area contributed by atoms with Gasteiger partial charge in [-0.25, -0.2) is 0 Å². The summed E-state index contributed by atoms with van der Waals surface area (Å²) in [7, 11) is 0. The third kappa shape index (κ3) is 5.78. The summed E-state index contributed by atoms with van der Waals surface area (Å²) in [4.78, 5) is 24.8.